The molecular weight excluding hydrogens is 287 g/mol. The van der Waals surface area contributed by atoms with Gasteiger partial charge >= 0.3 is 11.8 Å². The zero-order valence-corrected chi connectivity index (χ0v) is 12.6. The molecule has 22 heavy (non-hydrogen) atoms. The molecule has 0 spiro atoms. The molecule has 2 rings (SSSR count). The van der Waals surface area contributed by atoms with Gasteiger partial charge in [-0.2, -0.15) is 0 Å². The van der Waals surface area contributed by atoms with Crippen LogP contribution in [0.3, 0.4) is 0 Å². The minimum atomic E-state index is -0.784. The smallest absolute Gasteiger partial charge is 0.313 e. The van der Waals surface area contributed by atoms with Crippen molar-refractivity contribution in [1.29, 1.82) is 0 Å². The molecular formula is C16H21FN2O3. The van der Waals surface area contributed by atoms with E-state index in [0.717, 1.165) is 25.7 Å². The van der Waals surface area contributed by atoms with E-state index in [2.05, 4.69) is 10.6 Å². The Bertz CT molecular complexity index is 562. The van der Waals surface area contributed by atoms with Crippen LogP contribution in [0.5, 0.6) is 0 Å². The Balaban J connectivity index is 1.94. The number of aryl methyl sites for hydroxylation is 1. The lowest BCUT2D eigenvalue weighted by Crippen LogP contribution is -2.47. The van der Waals surface area contributed by atoms with E-state index < -0.39 is 11.8 Å². The SMILES string of the molecule is Cc1cc(NC(=O)C(=O)NC2CCCCC2CO)ccc1F. The predicted molar refractivity (Wildman–Crippen MR) is 80.7 cm³/mol. The number of nitrogens with one attached hydrogen (secondary N) is 2. The molecule has 0 radical (unpaired) electrons. The zero-order chi connectivity index (χ0) is 16.1. The second-order valence-corrected chi connectivity index (χ2v) is 5.73. The van der Waals surface area contributed by atoms with Gasteiger partial charge in [-0.3, -0.25) is 9.59 Å². The summed E-state index contributed by atoms with van der Waals surface area (Å²) >= 11 is 0. The van der Waals surface area contributed by atoms with Crippen LogP contribution in [0.1, 0.15) is 31.2 Å². The number of aliphatic hydroxyl groups excluding tert-OH is 1. The maximum Gasteiger partial charge on any atom is 0.313 e. The van der Waals surface area contributed by atoms with E-state index in [-0.39, 0.29) is 24.4 Å². The van der Waals surface area contributed by atoms with Crippen LogP contribution in [0.25, 0.3) is 0 Å². The van der Waals surface area contributed by atoms with Gasteiger partial charge < -0.3 is 15.7 Å². The Hall–Kier alpha value is -1.95. The highest BCUT2D eigenvalue weighted by molar-refractivity contribution is 6.39. The molecule has 5 nitrogen and oxygen atoms in total. The first-order valence-corrected chi connectivity index (χ1v) is 7.50. The van der Waals surface area contributed by atoms with Gasteiger partial charge in [0.05, 0.1) is 0 Å². The summed E-state index contributed by atoms with van der Waals surface area (Å²) in [5.74, 6) is -1.88. The first kappa shape index (κ1) is 16.4. The molecule has 3 N–H and O–H groups in total. The molecule has 2 amide bonds. The topological polar surface area (TPSA) is 78.4 Å². The van der Waals surface area contributed by atoms with E-state index >= 15 is 0 Å². The fourth-order valence-electron chi connectivity index (χ4n) is 2.76. The first-order valence-electron chi connectivity index (χ1n) is 7.50. The number of hydrogen-bond donors (Lipinski definition) is 3. The van der Waals surface area contributed by atoms with E-state index in [1.807, 2.05) is 0 Å². The lowest BCUT2D eigenvalue weighted by molar-refractivity contribution is -0.137. The van der Waals surface area contributed by atoms with Crippen molar-refractivity contribution in [3.05, 3.63) is 29.6 Å². The molecule has 1 aromatic rings. The zero-order valence-electron chi connectivity index (χ0n) is 12.6. The quantitative estimate of drug-likeness (QED) is 0.744. The van der Waals surface area contributed by atoms with E-state index in [0.29, 0.717) is 11.3 Å². The molecule has 0 heterocycles. The van der Waals surface area contributed by atoms with Gasteiger partial charge in [0.15, 0.2) is 0 Å². The monoisotopic (exact) mass is 308 g/mol. The Morgan fingerprint density at radius 3 is 2.68 bits per heavy atom. The average molecular weight is 308 g/mol. The molecule has 6 heteroatoms. The molecule has 0 aromatic heterocycles. The van der Waals surface area contributed by atoms with E-state index in [1.54, 1.807) is 6.92 Å². The van der Waals surface area contributed by atoms with Gasteiger partial charge in [-0.1, -0.05) is 12.8 Å². The predicted octanol–water partition coefficient (Wildman–Crippen LogP) is 1.74. The number of aliphatic hydroxyl groups is 1. The van der Waals surface area contributed by atoms with E-state index in [4.69, 9.17) is 0 Å². The maximum absolute atomic E-state index is 13.2. The molecule has 2 atom stereocenters. The minimum Gasteiger partial charge on any atom is -0.396 e. The number of benzene rings is 1. The van der Waals surface area contributed by atoms with Crippen molar-refractivity contribution < 1.29 is 19.1 Å². The van der Waals surface area contributed by atoms with Gasteiger partial charge in [0.2, 0.25) is 0 Å². The fraction of sp³-hybridized carbons (Fsp3) is 0.500. The summed E-state index contributed by atoms with van der Waals surface area (Å²) < 4.78 is 13.2. The third kappa shape index (κ3) is 4.04. The van der Waals surface area contributed by atoms with Crippen molar-refractivity contribution >= 4 is 17.5 Å². The van der Waals surface area contributed by atoms with Crippen LogP contribution < -0.4 is 10.6 Å². The molecule has 1 aliphatic rings. The molecule has 120 valence electrons. The molecule has 1 aromatic carbocycles. The Morgan fingerprint density at radius 1 is 1.27 bits per heavy atom. The minimum absolute atomic E-state index is 0.00133. The second kappa shape index (κ2) is 7.35. The van der Waals surface area contributed by atoms with Crippen LogP contribution in [-0.4, -0.2) is 29.6 Å². The highest BCUT2D eigenvalue weighted by atomic mass is 19.1. The maximum atomic E-state index is 13.2. The largest absolute Gasteiger partial charge is 0.396 e. The van der Waals surface area contributed by atoms with E-state index in [9.17, 15) is 19.1 Å². The average Bonchev–Trinajstić information content (AvgIpc) is 2.51. The number of rotatable bonds is 3. The van der Waals surface area contributed by atoms with Crippen LogP contribution in [0.15, 0.2) is 18.2 Å². The summed E-state index contributed by atoms with van der Waals surface area (Å²) in [4.78, 5) is 23.8. The molecule has 0 aliphatic heterocycles. The highest BCUT2D eigenvalue weighted by Crippen LogP contribution is 2.24. The fourth-order valence-corrected chi connectivity index (χ4v) is 2.76. The number of hydrogen-bond acceptors (Lipinski definition) is 3. The van der Waals surface area contributed by atoms with Gasteiger partial charge in [0.1, 0.15) is 5.82 Å². The number of amides is 2. The number of halogens is 1. The van der Waals surface area contributed by atoms with Crippen molar-refractivity contribution in [2.75, 3.05) is 11.9 Å². The van der Waals surface area contributed by atoms with Crippen LogP contribution >= 0.6 is 0 Å². The van der Waals surface area contributed by atoms with Crippen molar-refractivity contribution in [3.63, 3.8) is 0 Å². The van der Waals surface area contributed by atoms with Crippen LogP contribution in [-0.2, 0) is 9.59 Å². The van der Waals surface area contributed by atoms with Crippen molar-refractivity contribution in [2.24, 2.45) is 5.92 Å². The standard InChI is InChI=1S/C16H21FN2O3/c1-10-8-12(6-7-13(10)17)18-15(21)16(22)19-14-5-3-2-4-11(14)9-20/h6-8,11,14,20H,2-5,9H2,1H3,(H,18,21)(H,19,22). The summed E-state index contributed by atoms with van der Waals surface area (Å²) in [5.41, 5.74) is 0.771. The third-order valence-corrected chi connectivity index (χ3v) is 4.08. The first-order chi connectivity index (χ1) is 10.5. The van der Waals surface area contributed by atoms with E-state index in [1.165, 1.54) is 18.2 Å². The second-order valence-electron chi connectivity index (χ2n) is 5.73. The van der Waals surface area contributed by atoms with Crippen molar-refractivity contribution in [3.8, 4) is 0 Å². The Labute approximate surface area is 128 Å². The molecule has 2 unspecified atom stereocenters. The lowest BCUT2D eigenvalue weighted by Gasteiger charge is -2.30. The molecule has 1 aliphatic carbocycles. The van der Waals surface area contributed by atoms with Gasteiger partial charge in [-0.15, -0.1) is 0 Å². The summed E-state index contributed by atoms with van der Waals surface area (Å²) in [6.45, 7) is 1.59. The lowest BCUT2D eigenvalue weighted by atomic mass is 9.85. The van der Waals surface area contributed by atoms with Gasteiger partial charge in [-0.05, 0) is 43.5 Å². The normalized spacial score (nSPS) is 21.2. The Kier molecular flexibility index (Phi) is 5.49. The summed E-state index contributed by atoms with van der Waals surface area (Å²) in [5, 5.41) is 14.5. The van der Waals surface area contributed by atoms with Gasteiger partial charge in [-0.25, -0.2) is 4.39 Å². The van der Waals surface area contributed by atoms with Crippen LogP contribution in [0.2, 0.25) is 0 Å². The van der Waals surface area contributed by atoms with Gasteiger partial charge in [0.25, 0.3) is 0 Å². The highest BCUT2D eigenvalue weighted by Gasteiger charge is 2.27. The summed E-state index contributed by atoms with van der Waals surface area (Å²) in [7, 11) is 0. The van der Waals surface area contributed by atoms with Gasteiger partial charge in [0, 0.05) is 24.3 Å². The molecule has 0 saturated heterocycles. The summed E-state index contributed by atoms with van der Waals surface area (Å²) in [6, 6.07) is 3.95. The molecule has 1 fully saturated rings. The van der Waals surface area contributed by atoms with Crippen LogP contribution in [0, 0.1) is 18.7 Å². The van der Waals surface area contributed by atoms with Crippen molar-refractivity contribution in [1.82, 2.24) is 5.32 Å². The Morgan fingerprint density at radius 2 is 2.00 bits per heavy atom. The molecule has 1 saturated carbocycles. The molecule has 0 bridgehead atoms. The number of anilines is 1. The number of carbonyl (C=O) groups is 2. The third-order valence-electron chi connectivity index (χ3n) is 4.08. The van der Waals surface area contributed by atoms with Crippen LogP contribution in [0.4, 0.5) is 10.1 Å². The number of carbonyl (C=O) groups excluding carboxylic acids is 2. The van der Waals surface area contributed by atoms with Crippen molar-refractivity contribution in [2.45, 2.75) is 38.6 Å². The summed E-state index contributed by atoms with van der Waals surface area (Å²) in [6.07, 6.45) is 3.61.